The molecule has 0 amide bonds. The number of nitrogens with zero attached hydrogens (tertiary/aromatic N) is 1. The van der Waals surface area contributed by atoms with Crippen molar-refractivity contribution in [1.29, 1.82) is 0 Å². The maximum atomic E-state index is 4.11. The highest BCUT2D eigenvalue weighted by molar-refractivity contribution is 9.10. The number of fused-ring (bicyclic) bond motifs is 1. The molecule has 0 aromatic carbocycles. The molecule has 2 rings (SSSR count). The lowest BCUT2D eigenvalue weighted by atomic mass is 10.3. The minimum atomic E-state index is 0.878. The van der Waals surface area contributed by atoms with Gasteiger partial charge in [0, 0.05) is 28.3 Å². The maximum absolute atomic E-state index is 4.11. The molecular formula is C7H4BrN2. The van der Waals surface area contributed by atoms with Crippen LogP contribution in [0.5, 0.6) is 0 Å². The Morgan fingerprint density at radius 1 is 1.60 bits per heavy atom. The van der Waals surface area contributed by atoms with Gasteiger partial charge in [-0.1, -0.05) is 0 Å². The number of hydrogen-bond acceptors (Lipinski definition) is 1. The SMILES string of the molecule is Brc1cnc2[nH]c[c]c2c1. The summed E-state index contributed by atoms with van der Waals surface area (Å²) in [6.07, 6.45) is 3.51. The van der Waals surface area contributed by atoms with Crippen molar-refractivity contribution in [1.82, 2.24) is 9.97 Å². The van der Waals surface area contributed by atoms with Gasteiger partial charge in [-0.3, -0.25) is 0 Å². The summed E-state index contributed by atoms with van der Waals surface area (Å²) in [5.41, 5.74) is 0.878. The van der Waals surface area contributed by atoms with Crippen LogP contribution in [0.1, 0.15) is 0 Å². The highest BCUT2D eigenvalue weighted by Gasteiger charge is 1.94. The Morgan fingerprint density at radius 2 is 2.50 bits per heavy atom. The summed E-state index contributed by atoms with van der Waals surface area (Å²) < 4.78 is 0.982. The largest absolute Gasteiger partial charge is 0.346 e. The van der Waals surface area contributed by atoms with E-state index in [1.165, 1.54) is 0 Å². The molecule has 1 radical (unpaired) electrons. The molecule has 0 aliphatic heterocycles. The number of aromatic nitrogens is 2. The number of nitrogens with one attached hydrogen (secondary N) is 1. The second-order valence-electron chi connectivity index (χ2n) is 1.98. The molecule has 0 aliphatic rings. The van der Waals surface area contributed by atoms with Gasteiger partial charge in [0.1, 0.15) is 5.65 Å². The zero-order chi connectivity index (χ0) is 6.97. The summed E-state index contributed by atoms with van der Waals surface area (Å²) in [4.78, 5) is 7.07. The predicted molar refractivity (Wildman–Crippen MR) is 42.6 cm³/mol. The lowest BCUT2D eigenvalue weighted by Gasteiger charge is -1.87. The summed E-state index contributed by atoms with van der Waals surface area (Å²) in [7, 11) is 0. The van der Waals surface area contributed by atoms with Gasteiger partial charge in [-0.2, -0.15) is 0 Å². The van der Waals surface area contributed by atoms with Gasteiger partial charge in [-0.05, 0) is 22.0 Å². The average molecular weight is 196 g/mol. The first-order chi connectivity index (χ1) is 4.86. The molecule has 1 N–H and O–H groups in total. The minimum absolute atomic E-state index is 0.878. The standard InChI is InChI=1S/C7H4BrN2/c8-6-3-5-1-2-9-7(5)10-4-6/h2-4H,(H,9,10). The van der Waals surface area contributed by atoms with Gasteiger partial charge in [0.15, 0.2) is 0 Å². The Labute approximate surface area is 66.4 Å². The molecule has 2 nitrogen and oxygen atoms in total. The summed E-state index contributed by atoms with van der Waals surface area (Å²) in [5, 5.41) is 1.01. The number of hydrogen-bond donors (Lipinski definition) is 1. The highest BCUT2D eigenvalue weighted by atomic mass is 79.9. The summed E-state index contributed by atoms with van der Waals surface area (Å²) >= 11 is 3.32. The van der Waals surface area contributed by atoms with E-state index in [1.807, 2.05) is 6.07 Å². The van der Waals surface area contributed by atoms with Crippen LogP contribution >= 0.6 is 15.9 Å². The van der Waals surface area contributed by atoms with E-state index in [4.69, 9.17) is 0 Å². The van der Waals surface area contributed by atoms with Gasteiger partial charge in [0.05, 0.1) is 0 Å². The van der Waals surface area contributed by atoms with E-state index < -0.39 is 0 Å². The fraction of sp³-hybridized carbons (Fsp3) is 0. The van der Waals surface area contributed by atoms with Crippen molar-refractivity contribution in [3.8, 4) is 0 Å². The second kappa shape index (κ2) is 2.09. The first-order valence-corrected chi connectivity index (χ1v) is 3.66. The van der Waals surface area contributed by atoms with E-state index in [0.29, 0.717) is 0 Å². The molecular weight excluding hydrogens is 192 g/mol. The second-order valence-corrected chi connectivity index (χ2v) is 2.90. The first kappa shape index (κ1) is 5.92. The monoisotopic (exact) mass is 195 g/mol. The van der Waals surface area contributed by atoms with Crippen molar-refractivity contribution in [3.63, 3.8) is 0 Å². The van der Waals surface area contributed by atoms with Crippen molar-refractivity contribution >= 4 is 27.0 Å². The lowest BCUT2D eigenvalue weighted by Crippen LogP contribution is -1.73. The minimum Gasteiger partial charge on any atom is -0.346 e. The third kappa shape index (κ3) is 0.827. The quantitative estimate of drug-likeness (QED) is 0.686. The van der Waals surface area contributed by atoms with E-state index in [9.17, 15) is 0 Å². The zero-order valence-corrected chi connectivity index (χ0v) is 6.64. The van der Waals surface area contributed by atoms with E-state index >= 15 is 0 Å². The predicted octanol–water partition coefficient (Wildman–Crippen LogP) is 2.13. The molecule has 0 atom stereocenters. The number of pyridine rings is 1. The van der Waals surface area contributed by atoms with Gasteiger partial charge >= 0.3 is 0 Å². The molecule has 0 unspecified atom stereocenters. The highest BCUT2D eigenvalue weighted by Crippen LogP contribution is 2.14. The molecule has 49 valence electrons. The van der Waals surface area contributed by atoms with E-state index in [2.05, 4.69) is 32.0 Å². The van der Waals surface area contributed by atoms with Crippen molar-refractivity contribution in [2.75, 3.05) is 0 Å². The molecule has 3 heteroatoms. The van der Waals surface area contributed by atoms with Gasteiger partial charge in [0.2, 0.25) is 0 Å². The van der Waals surface area contributed by atoms with Crippen molar-refractivity contribution in [2.24, 2.45) is 0 Å². The third-order valence-corrected chi connectivity index (χ3v) is 1.72. The van der Waals surface area contributed by atoms with E-state index in [0.717, 1.165) is 15.5 Å². The smallest absolute Gasteiger partial charge is 0.137 e. The molecule has 2 aromatic heterocycles. The van der Waals surface area contributed by atoms with Crippen LogP contribution in [0.2, 0.25) is 0 Å². The summed E-state index contributed by atoms with van der Waals surface area (Å²) in [5.74, 6) is 0. The van der Waals surface area contributed by atoms with Crippen molar-refractivity contribution in [2.45, 2.75) is 0 Å². The van der Waals surface area contributed by atoms with Gasteiger partial charge < -0.3 is 4.98 Å². The van der Waals surface area contributed by atoms with Gasteiger partial charge in [0.25, 0.3) is 0 Å². The van der Waals surface area contributed by atoms with E-state index in [-0.39, 0.29) is 0 Å². The van der Waals surface area contributed by atoms with Gasteiger partial charge in [-0.25, -0.2) is 4.98 Å². The Bertz CT molecular complexity index is 353. The maximum Gasteiger partial charge on any atom is 0.137 e. The zero-order valence-electron chi connectivity index (χ0n) is 5.06. The molecule has 2 aromatic rings. The van der Waals surface area contributed by atoms with Crippen LogP contribution in [0.4, 0.5) is 0 Å². The van der Waals surface area contributed by atoms with Crippen LogP contribution < -0.4 is 0 Å². The number of rotatable bonds is 0. The Morgan fingerprint density at radius 3 is 3.40 bits per heavy atom. The Hall–Kier alpha value is -0.830. The molecule has 0 aliphatic carbocycles. The number of aromatic amines is 1. The molecule has 0 saturated carbocycles. The number of H-pyrrole nitrogens is 1. The normalized spacial score (nSPS) is 10.5. The summed E-state index contributed by atoms with van der Waals surface area (Å²) in [6, 6.07) is 4.98. The molecule has 0 fully saturated rings. The van der Waals surface area contributed by atoms with Crippen LogP contribution in [0.3, 0.4) is 0 Å². The fourth-order valence-corrected chi connectivity index (χ4v) is 1.18. The van der Waals surface area contributed by atoms with Crippen LogP contribution in [-0.4, -0.2) is 9.97 Å². The molecule has 0 saturated heterocycles. The van der Waals surface area contributed by atoms with Crippen LogP contribution in [-0.2, 0) is 0 Å². The fourth-order valence-electron chi connectivity index (χ4n) is 0.847. The van der Waals surface area contributed by atoms with Crippen molar-refractivity contribution < 1.29 is 0 Å². The Kier molecular flexibility index (Phi) is 1.24. The molecule has 10 heavy (non-hydrogen) atoms. The van der Waals surface area contributed by atoms with Gasteiger partial charge in [-0.15, -0.1) is 0 Å². The first-order valence-electron chi connectivity index (χ1n) is 2.86. The Balaban J connectivity index is 2.86. The van der Waals surface area contributed by atoms with Crippen molar-refractivity contribution in [3.05, 3.63) is 29.0 Å². The number of halogens is 1. The molecule has 0 spiro atoms. The van der Waals surface area contributed by atoms with Crippen LogP contribution in [0.25, 0.3) is 11.0 Å². The molecule has 2 heterocycles. The van der Waals surface area contributed by atoms with E-state index in [1.54, 1.807) is 12.4 Å². The topological polar surface area (TPSA) is 28.7 Å². The third-order valence-electron chi connectivity index (χ3n) is 1.29. The van der Waals surface area contributed by atoms with Crippen LogP contribution in [0.15, 0.2) is 22.9 Å². The molecule has 0 bridgehead atoms. The average Bonchev–Trinajstić information content (AvgIpc) is 2.33. The van der Waals surface area contributed by atoms with Crippen LogP contribution in [0, 0.1) is 6.07 Å². The summed E-state index contributed by atoms with van der Waals surface area (Å²) in [6.45, 7) is 0. The lowest BCUT2D eigenvalue weighted by molar-refractivity contribution is 1.31.